The van der Waals surface area contributed by atoms with Crippen LogP contribution >= 0.6 is 0 Å². The van der Waals surface area contributed by atoms with Crippen molar-refractivity contribution in [1.29, 1.82) is 0 Å². The smallest absolute Gasteiger partial charge is 0.453 e. The lowest BCUT2D eigenvalue weighted by Crippen LogP contribution is -2.43. The molecule has 34 heavy (non-hydrogen) atoms. The van der Waals surface area contributed by atoms with Crippen molar-refractivity contribution >= 4 is 34.9 Å². The molecule has 10 nitrogen and oxygen atoms in total. The first kappa shape index (κ1) is 21.4. The third kappa shape index (κ3) is 4.02. The zero-order chi connectivity index (χ0) is 24.1. The summed E-state index contributed by atoms with van der Waals surface area (Å²) < 4.78 is 81.1. The minimum absolute atomic E-state index is 0.00614. The molecule has 5 rings (SSSR count). The summed E-state index contributed by atoms with van der Waals surface area (Å²) in [7, 11) is 0. The van der Waals surface area contributed by atoms with E-state index in [-0.39, 0.29) is 41.6 Å². The maximum absolute atomic E-state index is 13.4. The third-order valence-corrected chi connectivity index (χ3v) is 4.59. The van der Waals surface area contributed by atoms with Crippen LogP contribution in [0, 0.1) is 0 Å². The molecule has 15 heteroatoms. The largest absolute Gasteiger partial charge is 0.482 e. The highest BCUT2D eigenvalue weighted by Gasteiger charge is 2.46. The van der Waals surface area contributed by atoms with Crippen molar-refractivity contribution < 1.29 is 41.0 Å². The van der Waals surface area contributed by atoms with E-state index in [1.807, 2.05) is 5.32 Å². The van der Waals surface area contributed by atoms with E-state index < -0.39 is 29.5 Å². The average Bonchev–Trinajstić information content (AvgIpc) is 3.22. The Hall–Kier alpha value is -4.43. The second-order valence-electron chi connectivity index (χ2n) is 6.92. The van der Waals surface area contributed by atoms with Crippen LogP contribution in [0.25, 0.3) is 0 Å². The molecule has 2 aromatic carbocycles. The molecule has 1 amide bonds. The SMILES string of the molecule is O=C1Nc2cc(Nc3ncnc(Nc4cc5c(c(C(F)(F)F)c4)OCO5)n3)ccc2OC1(F)F. The van der Waals surface area contributed by atoms with Crippen molar-refractivity contribution in [2.24, 2.45) is 0 Å². The number of benzene rings is 2. The van der Waals surface area contributed by atoms with E-state index in [9.17, 15) is 26.7 Å². The Kier molecular flexibility index (Phi) is 4.77. The Morgan fingerprint density at radius 3 is 2.44 bits per heavy atom. The fourth-order valence-electron chi connectivity index (χ4n) is 3.14. The molecule has 0 unspecified atom stereocenters. The lowest BCUT2D eigenvalue weighted by molar-refractivity contribution is -0.189. The minimum atomic E-state index is -4.68. The summed E-state index contributed by atoms with van der Waals surface area (Å²) in [6, 6.07) is 6.02. The second kappa shape index (κ2) is 7.57. The Balaban J connectivity index is 1.37. The van der Waals surface area contributed by atoms with Crippen LogP contribution in [0.15, 0.2) is 36.7 Å². The molecule has 0 saturated carbocycles. The summed E-state index contributed by atoms with van der Waals surface area (Å²) >= 11 is 0. The van der Waals surface area contributed by atoms with Gasteiger partial charge in [0.2, 0.25) is 18.7 Å². The second-order valence-corrected chi connectivity index (χ2v) is 6.92. The van der Waals surface area contributed by atoms with E-state index in [1.54, 1.807) is 0 Å². The standard InChI is InChI=1S/C19H11F5N6O4/c20-18(21,22)10-3-9(5-13-14(10)33-7-32-13)28-17-26-6-25-16(30-17)27-8-1-2-12-11(4-8)29-15(31)19(23,24)34-12/h1-6H,7H2,(H,29,31)(H2,25,26,27,28,30). The molecule has 0 radical (unpaired) electrons. The maximum atomic E-state index is 13.4. The molecule has 3 aromatic rings. The number of nitrogens with zero attached hydrogens (tertiary/aromatic N) is 3. The summed E-state index contributed by atoms with van der Waals surface area (Å²) in [5.74, 6) is -2.48. The van der Waals surface area contributed by atoms with E-state index in [2.05, 4.69) is 30.3 Å². The van der Waals surface area contributed by atoms with E-state index in [0.717, 1.165) is 12.4 Å². The van der Waals surface area contributed by atoms with Crippen molar-refractivity contribution in [2.45, 2.75) is 12.3 Å². The molecule has 0 fully saturated rings. The van der Waals surface area contributed by atoms with Gasteiger partial charge in [-0.1, -0.05) is 0 Å². The maximum Gasteiger partial charge on any atom is 0.482 e. The monoisotopic (exact) mass is 482 g/mol. The van der Waals surface area contributed by atoms with E-state index in [0.29, 0.717) is 5.69 Å². The number of aromatic nitrogens is 3. The van der Waals surface area contributed by atoms with Crippen LogP contribution in [0.3, 0.4) is 0 Å². The van der Waals surface area contributed by atoms with Crippen LogP contribution in [0.4, 0.5) is 50.9 Å². The molecule has 176 valence electrons. The molecule has 0 saturated heterocycles. The lowest BCUT2D eigenvalue weighted by atomic mass is 10.1. The molecule has 2 aliphatic heterocycles. The number of hydrogen-bond acceptors (Lipinski definition) is 9. The summed E-state index contributed by atoms with van der Waals surface area (Å²) in [5.41, 5.74) is -0.745. The van der Waals surface area contributed by atoms with E-state index in [1.165, 1.54) is 24.3 Å². The Morgan fingerprint density at radius 2 is 1.71 bits per heavy atom. The molecule has 0 bridgehead atoms. The molecule has 0 atom stereocenters. The summed E-state index contributed by atoms with van der Waals surface area (Å²) in [6.45, 7) is -0.342. The van der Waals surface area contributed by atoms with Gasteiger partial charge in [0.1, 0.15) is 11.9 Å². The quantitative estimate of drug-likeness (QED) is 0.474. The molecule has 2 aliphatic rings. The van der Waals surface area contributed by atoms with Crippen molar-refractivity contribution in [3.8, 4) is 17.2 Å². The Morgan fingerprint density at radius 1 is 0.971 bits per heavy atom. The van der Waals surface area contributed by atoms with Gasteiger partial charge in [-0.05, 0) is 24.3 Å². The average molecular weight is 482 g/mol. The fraction of sp³-hybridized carbons (Fsp3) is 0.158. The Labute approximate surface area is 186 Å². The topological polar surface area (TPSA) is 120 Å². The van der Waals surface area contributed by atoms with Crippen molar-refractivity contribution in [2.75, 3.05) is 22.7 Å². The van der Waals surface area contributed by atoms with Gasteiger partial charge in [-0.2, -0.15) is 26.9 Å². The number of alkyl halides is 5. The van der Waals surface area contributed by atoms with Crippen LogP contribution in [-0.2, 0) is 11.0 Å². The first-order valence-electron chi connectivity index (χ1n) is 9.35. The molecular formula is C19H11F5N6O4. The predicted octanol–water partition coefficient (Wildman–Crippen LogP) is 4.03. The van der Waals surface area contributed by atoms with E-state index >= 15 is 0 Å². The number of carbonyl (C=O) groups is 1. The van der Waals surface area contributed by atoms with Crippen molar-refractivity contribution in [3.05, 3.63) is 42.2 Å². The van der Waals surface area contributed by atoms with Gasteiger partial charge in [0.05, 0.1) is 5.69 Å². The van der Waals surface area contributed by atoms with Crippen LogP contribution in [0.2, 0.25) is 0 Å². The molecule has 0 aliphatic carbocycles. The fourth-order valence-corrected chi connectivity index (χ4v) is 3.14. The summed E-state index contributed by atoms with van der Waals surface area (Å²) in [6.07, 6.45) is -7.58. The lowest BCUT2D eigenvalue weighted by Gasteiger charge is -2.25. The highest BCUT2D eigenvalue weighted by atomic mass is 19.4. The number of anilines is 5. The van der Waals surface area contributed by atoms with Crippen LogP contribution in [0.5, 0.6) is 17.2 Å². The highest BCUT2D eigenvalue weighted by Crippen LogP contribution is 2.46. The predicted molar refractivity (Wildman–Crippen MR) is 105 cm³/mol. The zero-order valence-electron chi connectivity index (χ0n) is 16.5. The van der Waals surface area contributed by atoms with Gasteiger partial charge in [0.15, 0.2) is 17.2 Å². The summed E-state index contributed by atoms with van der Waals surface area (Å²) in [5, 5.41) is 7.44. The van der Waals surface area contributed by atoms with E-state index in [4.69, 9.17) is 9.47 Å². The molecule has 3 heterocycles. The normalized spacial score (nSPS) is 15.7. The summed E-state index contributed by atoms with van der Waals surface area (Å²) in [4.78, 5) is 23.2. The number of carbonyl (C=O) groups excluding carboxylic acids is 1. The number of nitrogens with one attached hydrogen (secondary N) is 3. The number of rotatable bonds is 4. The number of hydrogen-bond donors (Lipinski definition) is 3. The van der Waals surface area contributed by atoms with Crippen molar-refractivity contribution in [1.82, 2.24) is 15.0 Å². The van der Waals surface area contributed by atoms with Gasteiger partial charge >= 0.3 is 18.2 Å². The van der Waals surface area contributed by atoms with Gasteiger partial charge in [-0.15, -0.1) is 0 Å². The highest BCUT2D eigenvalue weighted by molar-refractivity contribution is 5.99. The molecule has 3 N–H and O–H groups in total. The number of fused-ring (bicyclic) bond motifs is 2. The van der Waals surface area contributed by atoms with Gasteiger partial charge in [-0.25, -0.2) is 9.97 Å². The van der Waals surface area contributed by atoms with Crippen LogP contribution in [-0.4, -0.2) is 33.8 Å². The number of amides is 1. The van der Waals surface area contributed by atoms with Gasteiger partial charge < -0.3 is 30.2 Å². The van der Waals surface area contributed by atoms with Crippen LogP contribution < -0.4 is 30.2 Å². The van der Waals surface area contributed by atoms with Gasteiger partial charge in [-0.3, -0.25) is 4.79 Å². The van der Waals surface area contributed by atoms with Gasteiger partial charge in [0, 0.05) is 17.4 Å². The third-order valence-electron chi connectivity index (χ3n) is 4.59. The minimum Gasteiger partial charge on any atom is -0.453 e. The first-order valence-corrected chi connectivity index (χ1v) is 9.35. The molecule has 0 spiro atoms. The number of ether oxygens (including phenoxy) is 3. The van der Waals surface area contributed by atoms with Crippen LogP contribution in [0.1, 0.15) is 5.56 Å². The molecular weight excluding hydrogens is 471 g/mol. The first-order chi connectivity index (χ1) is 16.1. The zero-order valence-corrected chi connectivity index (χ0v) is 16.5. The molecule has 1 aromatic heterocycles. The number of halogens is 5. The van der Waals surface area contributed by atoms with Crippen molar-refractivity contribution in [3.63, 3.8) is 0 Å². The Bertz CT molecular complexity index is 1300. The van der Waals surface area contributed by atoms with Gasteiger partial charge in [0.25, 0.3) is 0 Å².